The molecule has 0 radical (unpaired) electrons. The fourth-order valence-electron chi connectivity index (χ4n) is 1.45. The maximum absolute atomic E-state index is 10.8. The molecule has 6 nitrogen and oxygen atoms in total. The van der Waals surface area contributed by atoms with Crippen LogP contribution >= 0.6 is 11.8 Å². The summed E-state index contributed by atoms with van der Waals surface area (Å²) in [5.41, 5.74) is 3.52. The van der Waals surface area contributed by atoms with Crippen molar-refractivity contribution in [1.29, 1.82) is 0 Å². The molecule has 0 aliphatic heterocycles. The molecule has 1 aromatic rings. The number of nitrogens with zero attached hydrogens (tertiary/aromatic N) is 1. The molecule has 7 heteroatoms. The Bertz CT molecular complexity index is 415. The second-order valence-corrected chi connectivity index (χ2v) is 5.05. The highest BCUT2D eigenvalue weighted by Crippen LogP contribution is 2.30. The van der Waals surface area contributed by atoms with E-state index in [1.54, 1.807) is 23.9 Å². The van der Waals surface area contributed by atoms with Crippen molar-refractivity contribution in [1.82, 2.24) is 0 Å². The van der Waals surface area contributed by atoms with Crippen molar-refractivity contribution in [3.05, 3.63) is 33.9 Å². The number of nitrogens with one attached hydrogen (secondary N) is 1. The highest BCUT2D eigenvalue weighted by atomic mass is 32.2. The predicted molar refractivity (Wildman–Crippen MR) is 73.3 cm³/mol. The molecular weight excluding hydrogens is 254 g/mol. The number of nitrogen functional groups attached to an aromatic ring is 1. The number of anilines is 1. The van der Waals surface area contributed by atoms with Gasteiger partial charge < -0.3 is 10.5 Å². The summed E-state index contributed by atoms with van der Waals surface area (Å²) in [6.45, 7) is 2.09. The van der Waals surface area contributed by atoms with Gasteiger partial charge in [-0.2, -0.15) is 11.8 Å². The van der Waals surface area contributed by atoms with E-state index in [9.17, 15) is 10.1 Å². The fourth-order valence-corrected chi connectivity index (χ4v) is 2.53. The van der Waals surface area contributed by atoms with Crippen LogP contribution in [0.25, 0.3) is 0 Å². The molecule has 1 rings (SSSR count). The zero-order valence-corrected chi connectivity index (χ0v) is 10.9. The topological polar surface area (TPSA) is 101 Å². The number of nitro groups is 1. The molecular formula is C11H17N3O3S. The zero-order valence-electron chi connectivity index (χ0n) is 10.1. The second kappa shape index (κ2) is 7.20. The van der Waals surface area contributed by atoms with Gasteiger partial charge in [-0.3, -0.25) is 16.0 Å². The number of hydrogen-bond acceptors (Lipinski definition) is 6. The summed E-state index contributed by atoms with van der Waals surface area (Å²) in [6.07, 6.45) is 0. The standard InChI is InChI=1S/C11H17N3O3S/c1-8(5-15)6-18-7-9-3-2-4-10(14(16)17)11(9)13-12/h2-4,8,13,15H,5-7,12H2,1H3. The van der Waals surface area contributed by atoms with Crippen LogP contribution in [0.2, 0.25) is 0 Å². The Morgan fingerprint density at radius 2 is 2.33 bits per heavy atom. The minimum Gasteiger partial charge on any atom is -0.396 e. The van der Waals surface area contributed by atoms with Crippen LogP contribution in [0.3, 0.4) is 0 Å². The number of nitro benzene ring substituents is 1. The fraction of sp³-hybridized carbons (Fsp3) is 0.455. The molecule has 0 bridgehead atoms. The lowest BCUT2D eigenvalue weighted by molar-refractivity contribution is -0.384. The third-order valence-electron chi connectivity index (χ3n) is 2.44. The number of aliphatic hydroxyl groups excluding tert-OH is 1. The van der Waals surface area contributed by atoms with Crippen LogP contribution in [0.5, 0.6) is 0 Å². The third kappa shape index (κ3) is 3.86. The van der Waals surface area contributed by atoms with Gasteiger partial charge in [0.1, 0.15) is 5.69 Å². The average molecular weight is 271 g/mol. The van der Waals surface area contributed by atoms with Gasteiger partial charge in [0.2, 0.25) is 0 Å². The molecule has 0 saturated heterocycles. The molecule has 18 heavy (non-hydrogen) atoms. The monoisotopic (exact) mass is 271 g/mol. The normalized spacial score (nSPS) is 12.2. The van der Waals surface area contributed by atoms with Crippen molar-refractivity contribution in [2.45, 2.75) is 12.7 Å². The highest BCUT2D eigenvalue weighted by Gasteiger charge is 2.16. The minimum atomic E-state index is -0.459. The van der Waals surface area contributed by atoms with E-state index in [1.165, 1.54) is 6.07 Å². The Morgan fingerprint density at radius 3 is 2.89 bits per heavy atom. The number of benzene rings is 1. The summed E-state index contributed by atoms with van der Waals surface area (Å²) < 4.78 is 0. The first-order chi connectivity index (χ1) is 8.60. The number of nitrogens with two attached hydrogens (primary N) is 1. The van der Waals surface area contributed by atoms with Gasteiger partial charge in [-0.15, -0.1) is 0 Å². The van der Waals surface area contributed by atoms with Crippen LogP contribution in [0.1, 0.15) is 12.5 Å². The Balaban J connectivity index is 2.76. The Hall–Kier alpha value is -1.31. The van der Waals surface area contributed by atoms with E-state index in [1.807, 2.05) is 6.92 Å². The number of rotatable bonds is 7. The predicted octanol–water partition coefficient (Wildman–Crippen LogP) is 1.74. The molecule has 0 aliphatic rings. The number of thioether (sulfide) groups is 1. The minimum absolute atomic E-state index is 0.0224. The van der Waals surface area contributed by atoms with E-state index < -0.39 is 4.92 Å². The Labute approximate surface area is 110 Å². The Kier molecular flexibility index (Phi) is 5.90. The van der Waals surface area contributed by atoms with E-state index in [0.29, 0.717) is 11.4 Å². The smallest absolute Gasteiger partial charge is 0.293 e. The first kappa shape index (κ1) is 14.7. The van der Waals surface area contributed by atoms with Gasteiger partial charge in [0.05, 0.1) is 4.92 Å². The molecule has 4 N–H and O–H groups in total. The lowest BCUT2D eigenvalue weighted by Crippen LogP contribution is -2.11. The van der Waals surface area contributed by atoms with Gasteiger partial charge in [-0.05, 0) is 17.2 Å². The molecule has 1 atom stereocenters. The largest absolute Gasteiger partial charge is 0.396 e. The summed E-state index contributed by atoms with van der Waals surface area (Å²) >= 11 is 1.61. The molecule has 1 unspecified atom stereocenters. The molecule has 100 valence electrons. The van der Waals surface area contributed by atoms with Crippen LogP contribution in [0.15, 0.2) is 18.2 Å². The van der Waals surface area contributed by atoms with E-state index in [2.05, 4.69) is 5.43 Å². The van der Waals surface area contributed by atoms with Gasteiger partial charge in [-0.25, -0.2) is 0 Å². The van der Waals surface area contributed by atoms with Gasteiger partial charge in [-0.1, -0.05) is 19.1 Å². The molecule has 0 amide bonds. The summed E-state index contributed by atoms with van der Waals surface area (Å²) in [5, 5.41) is 19.7. The number of para-hydroxylation sites is 1. The van der Waals surface area contributed by atoms with E-state index in [0.717, 1.165) is 11.3 Å². The zero-order chi connectivity index (χ0) is 13.5. The molecule has 0 aliphatic carbocycles. The molecule has 0 aromatic heterocycles. The van der Waals surface area contributed by atoms with Crippen LogP contribution in [-0.4, -0.2) is 22.4 Å². The molecule has 0 saturated carbocycles. The lowest BCUT2D eigenvalue weighted by atomic mass is 10.2. The average Bonchev–Trinajstić information content (AvgIpc) is 2.37. The summed E-state index contributed by atoms with van der Waals surface area (Å²) in [4.78, 5) is 10.4. The first-order valence-electron chi connectivity index (χ1n) is 5.51. The SMILES string of the molecule is CC(CO)CSCc1cccc([N+](=O)[O-])c1NN. The lowest BCUT2D eigenvalue weighted by Gasteiger charge is -2.10. The number of hydrazine groups is 1. The maximum atomic E-state index is 10.8. The van der Waals surface area contributed by atoms with Crippen molar-refractivity contribution in [3.63, 3.8) is 0 Å². The summed E-state index contributed by atoms with van der Waals surface area (Å²) in [5.74, 6) is 6.97. The van der Waals surface area contributed by atoms with Gasteiger partial charge in [0.15, 0.2) is 0 Å². The molecule has 1 aromatic carbocycles. The third-order valence-corrected chi connectivity index (χ3v) is 3.76. The van der Waals surface area contributed by atoms with E-state index >= 15 is 0 Å². The van der Waals surface area contributed by atoms with Crippen LogP contribution in [0.4, 0.5) is 11.4 Å². The number of hydrogen-bond donors (Lipinski definition) is 3. The van der Waals surface area contributed by atoms with Crippen molar-refractivity contribution in [2.75, 3.05) is 17.8 Å². The molecule has 0 spiro atoms. The van der Waals surface area contributed by atoms with Gasteiger partial charge >= 0.3 is 0 Å². The summed E-state index contributed by atoms with van der Waals surface area (Å²) in [7, 11) is 0. The quantitative estimate of drug-likeness (QED) is 0.396. The van der Waals surface area contributed by atoms with E-state index in [4.69, 9.17) is 10.9 Å². The van der Waals surface area contributed by atoms with Crippen LogP contribution in [0, 0.1) is 16.0 Å². The van der Waals surface area contributed by atoms with Crippen molar-refractivity contribution in [3.8, 4) is 0 Å². The number of aliphatic hydroxyl groups is 1. The van der Waals surface area contributed by atoms with Crippen molar-refractivity contribution >= 4 is 23.1 Å². The van der Waals surface area contributed by atoms with Gasteiger partial charge in [0, 0.05) is 18.4 Å². The maximum Gasteiger partial charge on any atom is 0.293 e. The first-order valence-corrected chi connectivity index (χ1v) is 6.67. The Morgan fingerprint density at radius 1 is 1.61 bits per heavy atom. The molecule has 0 fully saturated rings. The van der Waals surface area contributed by atoms with Crippen molar-refractivity contribution in [2.24, 2.45) is 11.8 Å². The highest BCUT2D eigenvalue weighted by molar-refractivity contribution is 7.98. The molecule has 0 heterocycles. The van der Waals surface area contributed by atoms with Gasteiger partial charge in [0.25, 0.3) is 5.69 Å². The summed E-state index contributed by atoms with van der Waals surface area (Å²) in [6, 6.07) is 4.86. The van der Waals surface area contributed by atoms with Crippen molar-refractivity contribution < 1.29 is 10.0 Å². The second-order valence-electron chi connectivity index (χ2n) is 4.02. The van der Waals surface area contributed by atoms with Crippen LogP contribution < -0.4 is 11.3 Å². The van der Waals surface area contributed by atoms with E-state index in [-0.39, 0.29) is 18.2 Å². The van der Waals surface area contributed by atoms with Crippen LogP contribution in [-0.2, 0) is 5.75 Å².